The number of fused-ring (bicyclic) bond motifs is 1. The minimum Gasteiger partial charge on any atom is -0.310 e. The van der Waals surface area contributed by atoms with Crippen molar-refractivity contribution in [3.05, 3.63) is 21.4 Å². The number of aromatic nitrogens is 1. The molecule has 0 unspecified atom stereocenters. The molecule has 0 spiro atoms. The second kappa shape index (κ2) is 3.73. The summed E-state index contributed by atoms with van der Waals surface area (Å²) in [7, 11) is 0. The molecule has 2 heterocycles. The number of hydrogen-bond donors (Lipinski definition) is 1. The van der Waals surface area contributed by atoms with E-state index in [2.05, 4.69) is 52.8 Å². The van der Waals surface area contributed by atoms with E-state index < -0.39 is 0 Å². The lowest BCUT2D eigenvalue weighted by molar-refractivity contribution is -0.121. The first-order valence-corrected chi connectivity index (χ1v) is 6.19. The summed E-state index contributed by atoms with van der Waals surface area (Å²) in [5.74, 6) is 0.834. The summed E-state index contributed by atoms with van der Waals surface area (Å²) in [5, 5.41) is 2.86. The zero-order valence-corrected chi connectivity index (χ0v) is 11.0. The van der Waals surface area contributed by atoms with Crippen LogP contribution in [-0.4, -0.2) is 10.9 Å². The van der Waals surface area contributed by atoms with Gasteiger partial charge in [-0.25, -0.2) is 4.98 Å². The van der Waals surface area contributed by atoms with Crippen LogP contribution in [0.15, 0.2) is 12.3 Å². The van der Waals surface area contributed by atoms with Crippen LogP contribution < -0.4 is 5.32 Å². The molecule has 0 saturated carbocycles. The van der Waals surface area contributed by atoms with Gasteiger partial charge in [-0.1, -0.05) is 13.8 Å². The lowest BCUT2D eigenvalue weighted by Crippen LogP contribution is -2.32. The average Bonchev–Trinajstić information content (AvgIpc) is 2.50. The van der Waals surface area contributed by atoms with Gasteiger partial charge in [0.2, 0.25) is 5.91 Å². The molecule has 0 aromatic carbocycles. The van der Waals surface area contributed by atoms with Gasteiger partial charge in [-0.2, -0.15) is 0 Å². The summed E-state index contributed by atoms with van der Waals surface area (Å²) in [4.78, 5) is 16.2. The number of amides is 1. The Morgan fingerprint density at radius 3 is 2.73 bits per heavy atom. The van der Waals surface area contributed by atoms with E-state index in [1.165, 1.54) is 0 Å². The average molecular weight is 316 g/mol. The van der Waals surface area contributed by atoms with Gasteiger partial charge >= 0.3 is 0 Å². The largest absolute Gasteiger partial charge is 0.310 e. The van der Waals surface area contributed by atoms with Crippen LogP contribution in [0.1, 0.15) is 32.3 Å². The van der Waals surface area contributed by atoms with Crippen molar-refractivity contribution in [1.29, 1.82) is 0 Å². The van der Waals surface area contributed by atoms with Gasteiger partial charge in [-0.3, -0.25) is 4.79 Å². The molecule has 80 valence electrons. The zero-order valence-electron chi connectivity index (χ0n) is 8.80. The summed E-state index contributed by atoms with van der Waals surface area (Å²) < 4.78 is 1.08. The monoisotopic (exact) mass is 316 g/mol. The Morgan fingerprint density at radius 1 is 1.47 bits per heavy atom. The van der Waals surface area contributed by atoms with Crippen molar-refractivity contribution >= 4 is 34.3 Å². The molecule has 4 heteroatoms. The smallest absolute Gasteiger partial charge is 0.236 e. The van der Waals surface area contributed by atoms with Crippen LogP contribution in [0.25, 0.3) is 0 Å². The van der Waals surface area contributed by atoms with E-state index in [0.29, 0.717) is 0 Å². The summed E-state index contributed by atoms with van der Waals surface area (Å²) in [6, 6.07) is 2.06. The maximum atomic E-state index is 12.0. The Morgan fingerprint density at radius 2 is 2.13 bits per heavy atom. The van der Waals surface area contributed by atoms with Crippen molar-refractivity contribution in [2.24, 2.45) is 0 Å². The molecule has 15 heavy (non-hydrogen) atoms. The molecule has 1 N–H and O–H groups in total. The van der Waals surface area contributed by atoms with Gasteiger partial charge in [0.1, 0.15) is 5.82 Å². The summed E-state index contributed by atoms with van der Waals surface area (Å²) in [5.41, 5.74) is 0.702. The Labute approximate surface area is 103 Å². The third-order valence-electron chi connectivity index (χ3n) is 3.24. The van der Waals surface area contributed by atoms with Crippen molar-refractivity contribution in [1.82, 2.24) is 4.98 Å². The van der Waals surface area contributed by atoms with Crippen LogP contribution in [0.2, 0.25) is 0 Å². The Bertz CT molecular complexity index is 413. The van der Waals surface area contributed by atoms with Gasteiger partial charge in [0.15, 0.2) is 0 Å². The molecule has 3 nitrogen and oxygen atoms in total. The second-order valence-electron chi connectivity index (χ2n) is 3.79. The first kappa shape index (κ1) is 10.9. The minimum absolute atomic E-state index is 0.0944. The van der Waals surface area contributed by atoms with Gasteiger partial charge in [0.25, 0.3) is 0 Å². The van der Waals surface area contributed by atoms with Gasteiger partial charge in [-0.05, 0) is 41.5 Å². The molecular weight excluding hydrogens is 303 g/mol. The second-order valence-corrected chi connectivity index (χ2v) is 5.04. The highest BCUT2D eigenvalue weighted by molar-refractivity contribution is 14.1. The number of hydrogen-bond acceptors (Lipinski definition) is 2. The fourth-order valence-corrected chi connectivity index (χ4v) is 2.66. The van der Waals surface area contributed by atoms with E-state index in [1.54, 1.807) is 6.20 Å². The van der Waals surface area contributed by atoms with Gasteiger partial charge in [0, 0.05) is 15.3 Å². The molecule has 1 aromatic rings. The Kier molecular flexibility index (Phi) is 2.70. The lowest BCUT2D eigenvalue weighted by Gasteiger charge is -2.23. The molecule has 0 fully saturated rings. The van der Waals surface area contributed by atoms with Crippen LogP contribution in [0.5, 0.6) is 0 Å². The van der Waals surface area contributed by atoms with E-state index in [9.17, 15) is 4.79 Å². The van der Waals surface area contributed by atoms with Crippen molar-refractivity contribution in [2.45, 2.75) is 32.1 Å². The molecule has 1 aromatic heterocycles. The number of halogens is 1. The molecule has 0 radical (unpaired) electrons. The van der Waals surface area contributed by atoms with E-state index in [1.807, 2.05) is 0 Å². The van der Waals surface area contributed by atoms with Crippen LogP contribution in [0.3, 0.4) is 0 Å². The molecule has 1 amide bonds. The number of nitrogens with zero attached hydrogens (tertiary/aromatic N) is 1. The molecule has 0 bridgehead atoms. The quantitative estimate of drug-likeness (QED) is 0.853. The summed E-state index contributed by atoms with van der Waals surface area (Å²) in [6.45, 7) is 4.11. The predicted molar refractivity (Wildman–Crippen MR) is 67.8 cm³/mol. The van der Waals surface area contributed by atoms with Gasteiger partial charge in [0.05, 0.1) is 5.41 Å². The summed E-state index contributed by atoms with van der Waals surface area (Å²) in [6.07, 6.45) is 3.43. The molecule has 1 aliphatic heterocycles. The molecule has 1 aliphatic rings. The molecular formula is C11H13IN2O. The number of carbonyl (C=O) groups is 1. The fraction of sp³-hybridized carbons (Fsp3) is 0.455. The fourth-order valence-electron chi connectivity index (χ4n) is 2.21. The van der Waals surface area contributed by atoms with E-state index in [0.717, 1.165) is 27.8 Å². The van der Waals surface area contributed by atoms with Gasteiger partial charge < -0.3 is 5.32 Å². The minimum atomic E-state index is -0.358. The van der Waals surface area contributed by atoms with Crippen molar-refractivity contribution < 1.29 is 4.79 Å². The Balaban J connectivity index is 2.61. The van der Waals surface area contributed by atoms with Crippen LogP contribution in [0, 0.1) is 3.57 Å². The number of rotatable bonds is 2. The molecule has 0 aliphatic carbocycles. The topological polar surface area (TPSA) is 42.0 Å². The van der Waals surface area contributed by atoms with Gasteiger partial charge in [-0.15, -0.1) is 0 Å². The number of carbonyl (C=O) groups excluding carboxylic acids is 1. The zero-order chi connectivity index (χ0) is 11.1. The maximum absolute atomic E-state index is 12.0. The highest BCUT2D eigenvalue weighted by Gasteiger charge is 2.44. The highest BCUT2D eigenvalue weighted by atomic mass is 127. The molecule has 2 rings (SSSR count). The van der Waals surface area contributed by atoms with E-state index >= 15 is 0 Å². The maximum Gasteiger partial charge on any atom is 0.236 e. The van der Waals surface area contributed by atoms with Crippen LogP contribution >= 0.6 is 22.6 Å². The highest BCUT2D eigenvalue weighted by Crippen LogP contribution is 2.41. The predicted octanol–water partition coefficient (Wildman–Crippen LogP) is 2.70. The SMILES string of the molecule is CCC1(CC)C(=O)Nc2ncc(I)cc21. The number of nitrogens with one attached hydrogen (secondary N) is 1. The van der Waals surface area contributed by atoms with Crippen molar-refractivity contribution in [2.75, 3.05) is 5.32 Å². The number of anilines is 1. The third-order valence-corrected chi connectivity index (χ3v) is 3.83. The molecule has 0 atom stereocenters. The Hall–Kier alpha value is -0.650. The third kappa shape index (κ3) is 1.46. The molecule has 0 saturated heterocycles. The van der Waals surface area contributed by atoms with E-state index in [4.69, 9.17) is 0 Å². The summed E-state index contributed by atoms with van der Waals surface area (Å²) >= 11 is 2.23. The normalized spacial score (nSPS) is 17.4. The van der Waals surface area contributed by atoms with Crippen LogP contribution in [-0.2, 0) is 10.2 Å². The first-order valence-electron chi connectivity index (χ1n) is 5.11. The first-order chi connectivity index (χ1) is 7.14. The number of pyridine rings is 1. The van der Waals surface area contributed by atoms with E-state index in [-0.39, 0.29) is 11.3 Å². The standard InChI is InChI=1S/C11H13IN2O/c1-3-11(4-2)8-5-7(12)6-13-9(8)14-10(11)15/h5-6H,3-4H2,1-2H3,(H,13,14,15). The van der Waals surface area contributed by atoms with Crippen LogP contribution in [0.4, 0.5) is 5.82 Å². The lowest BCUT2D eigenvalue weighted by atomic mass is 9.77. The van der Waals surface area contributed by atoms with Crippen molar-refractivity contribution in [3.63, 3.8) is 0 Å². The van der Waals surface area contributed by atoms with Crippen molar-refractivity contribution in [3.8, 4) is 0 Å².